The zero-order chi connectivity index (χ0) is 9.84. The number of halogens is 2. The molecule has 0 aliphatic rings. The van der Waals surface area contributed by atoms with E-state index in [-0.39, 0.29) is 5.92 Å². The number of hydrogen-bond donors (Lipinski definition) is 0. The molecule has 0 N–H and O–H groups in total. The second kappa shape index (κ2) is 4.77. The lowest BCUT2D eigenvalue weighted by Crippen LogP contribution is -2.01. The molecule has 0 aliphatic carbocycles. The van der Waals surface area contributed by atoms with Gasteiger partial charge in [-0.15, -0.1) is 0 Å². The Morgan fingerprint density at radius 2 is 2.31 bits per heavy atom. The maximum absolute atomic E-state index is 10.5. The highest BCUT2D eigenvalue weighted by molar-refractivity contribution is 9.10. The third-order valence-corrected chi connectivity index (χ3v) is 2.92. The highest BCUT2D eigenvalue weighted by atomic mass is 79.9. The maximum atomic E-state index is 10.5. The average molecular weight is 262 g/mol. The van der Waals surface area contributed by atoms with Crippen molar-refractivity contribution in [3.05, 3.63) is 33.3 Å². The second-order valence-electron chi connectivity index (χ2n) is 3.02. The lowest BCUT2D eigenvalue weighted by Gasteiger charge is -2.08. The van der Waals surface area contributed by atoms with Crippen molar-refractivity contribution in [1.82, 2.24) is 0 Å². The molecule has 0 saturated carbocycles. The fraction of sp³-hybridized carbons (Fsp3) is 0.300. The topological polar surface area (TPSA) is 17.1 Å². The molecule has 13 heavy (non-hydrogen) atoms. The van der Waals surface area contributed by atoms with E-state index in [2.05, 4.69) is 15.9 Å². The van der Waals surface area contributed by atoms with Gasteiger partial charge in [-0.2, -0.15) is 0 Å². The highest BCUT2D eigenvalue weighted by Crippen LogP contribution is 2.26. The molecule has 3 heteroatoms. The zero-order valence-electron chi connectivity index (χ0n) is 7.26. The van der Waals surface area contributed by atoms with E-state index < -0.39 is 0 Å². The van der Waals surface area contributed by atoms with Crippen molar-refractivity contribution in [2.75, 3.05) is 0 Å². The van der Waals surface area contributed by atoms with Gasteiger partial charge in [0.2, 0.25) is 0 Å². The van der Waals surface area contributed by atoms with Crippen LogP contribution in [0.4, 0.5) is 0 Å². The van der Waals surface area contributed by atoms with E-state index in [0.717, 1.165) is 16.3 Å². The summed E-state index contributed by atoms with van der Waals surface area (Å²) < 4.78 is 0.966. The van der Waals surface area contributed by atoms with Gasteiger partial charge in [-0.1, -0.05) is 40.5 Å². The lowest BCUT2D eigenvalue weighted by molar-refractivity contribution is -0.110. The minimum Gasteiger partial charge on any atom is -0.303 e. The van der Waals surface area contributed by atoms with Crippen LogP contribution in [0.2, 0.25) is 5.02 Å². The van der Waals surface area contributed by atoms with Gasteiger partial charge < -0.3 is 4.79 Å². The Labute approximate surface area is 91.2 Å². The third-order valence-electron chi connectivity index (χ3n) is 1.82. The van der Waals surface area contributed by atoms with Crippen LogP contribution < -0.4 is 0 Å². The van der Waals surface area contributed by atoms with Crippen molar-refractivity contribution in [2.45, 2.75) is 13.3 Å². The first-order chi connectivity index (χ1) is 6.15. The van der Waals surface area contributed by atoms with E-state index in [1.807, 2.05) is 25.1 Å². The predicted octanol–water partition coefficient (Wildman–Crippen LogP) is 3.48. The predicted molar refractivity (Wildman–Crippen MR) is 58.1 cm³/mol. The average Bonchev–Trinajstić information content (AvgIpc) is 2.11. The summed E-state index contributed by atoms with van der Waals surface area (Å²) >= 11 is 9.39. The molecule has 0 amide bonds. The normalized spacial score (nSPS) is 12.5. The SMILES string of the molecule is CC(C=O)Cc1c(Cl)cccc1Br. The molecule has 0 fully saturated rings. The van der Waals surface area contributed by atoms with Gasteiger partial charge in [-0.05, 0) is 24.1 Å². The molecule has 0 aromatic heterocycles. The van der Waals surface area contributed by atoms with Crippen LogP contribution in [-0.4, -0.2) is 6.29 Å². The molecule has 1 aromatic rings. The molecule has 0 aliphatic heterocycles. The van der Waals surface area contributed by atoms with E-state index in [1.54, 1.807) is 0 Å². The summed E-state index contributed by atoms with van der Waals surface area (Å²) in [6, 6.07) is 5.64. The lowest BCUT2D eigenvalue weighted by atomic mass is 10.0. The molecule has 0 heterocycles. The van der Waals surface area contributed by atoms with Gasteiger partial charge in [0, 0.05) is 15.4 Å². The van der Waals surface area contributed by atoms with Crippen molar-refractivity contribution in [3.8, 4) is 0 Å². The molecule has 1 aromatic carbocycles. The Morgan fingerprint density at radius 1 is 1.62 bits per heavy atom. The van der Waals surface area contributed by atoms with Crippen molar-refractivity contribution >= 4 is 33.8 Å². The molecule has 1 atom stereocenters. The van der Waals surface area contributed by atoms with Crippen LogP contribution in [0.3, 0.4) is 0 Å². The van der Waals surface area contributed by atoms with Crippen LogP contribution in [0, 0.1) is 5.92 Å². The summed E-state index contributed by atoms with van der Waals surface area (Å²) in [4.78, 5) is 10.5. The smallest absolute Gasteiger partial charge is 0.123 e. The number of rotatable bonds is 3. The summed E-state index contributed by atoms with van der Waals surface area (Å²) in [7, 11) is 0. The Hall–Kier alpha value is -0.340. The van der Waals surface area contributed by atoms with Crippen molar-refractivity contribution in [2.24, 2.45) is 5.92 Å². The van der Waals surface area contributed by atoms with Gasteiger partial charge in [-0.25, -0.2) is 0 Å². The van der Waals surface area contributed by atoms with Gasteiger partial charge in [0.05, 0.1) is 0 Å². The molecule has 1 nitrogen and oxygen atoms in total. The fourth-order valence-electron chi connectivity index (χ4n) is 1.10. The van der Waals surface area contributed by atoms with Crippen LogP contribution in [0.15, 0.2) is 22.7 Å². The number of carbonyl (C=O) groups is 1. The molecular weight excluding hydrogens is 251 g/mol. The highest BCUT2D eigenvalue weighted by Gasteiger charge is 2.08. The number of aldehydes is 1. The largest absolute Gasteiger partial charge is 0.303 e. The standard InChI is InChI=1S/C10H10BrClO/c1-7(6-13)5-8-9(11)3-2-4-10(8)12/h2-4,6-7H,5H2,1H3. The minimum atomic E-state index is 0.0104. The first kappa shape index (κ1) is 10.7. The van der Waals surface area contributed by atoms with E-state index in [9.17, 15) is 4.79 Å². The minimum absolute atomic E-state index is 0.0104. The van der Waals surface area contributed by atoms with Crippen LogP contribution in [-0.2, 0) is 11.2 Å². The Bertz CT molecular complexity index is 292. The van der Waals surface area contributed by atoms with Crippen LogP contribution >= 0.6 is 27.5 Å². The third kappa shape index (κ3) is 2.82. The van der Waals surface area contributed by atoms with Crippen LogP contribution in [0.1, 0.15) is 12.5 Å². The summed E-state index contributed by atoms with van der Waals surface area (Å²) in [5.41, 5.74) is 1.00. The summed E-state index contributed by atoms with van der Waals surface area (Å²) in [6.45, 7) is 1.88. The van der Waals surface area contributed by atoms with E-state index in [0.29, 0.717) is 11.4 Å². The first-order valence-corrected chi connectivity index (χ1v) is 5.20. The zero-order valence-corrected chi connectivity index (χ0v) is 9.60. The molecule has 0 bridgehead atoms. The van der Waals surface area contributed by atoms with Gasteiger partial charge in [0.25, 0.3) is 0 Å². The summed E-state index contributed by atoms with van der Waals surface area (Å²) in [5.74, 6) is 0.0104. The van der Waals surface area contributed by atoms with Gasteiger partial charge in [-0.3, -0.25) is 0 Å². The monoisotopic (exact) mass is 260 g/mol. The Balaban J connectivity index is 2.93. The van der Waals surface area contributed by atoms with Gasteiger partial charge in [0.1, 0.15) is 6.29 Å². The first-order valence-electron chi connectivity index (χ1n) is 4.03. The molecule has 0 radical (unpaired) electrons. The Morgan fingerprint density at radius 3 is 2.85 bits per heavy atom. The summed E-state index contributed by atoms with van der Waals surface area (Å²) in [6.07, 6.45) is 1.62. The molecule has 70 valence electrons. The molecule has 1 rings (SSSR count). The Kier molecular flexibility index (Phi) is 3.94. The summed E-state index contributed by atoms with van der Waals surface area (Å²) in [5, 5.41) is 0.711. The van der Waals surface area contributed by atoms with E-state index >= 15 is 0 Å². The van der Waals surface area contributed by atoms with E-state index in [1.165, 1.54) is 0 Å². The van der Waals surface area contributed by atoms with E-state index in [4.69, 9.17) is 11.6 Å². The molecule has 0 saturated heterocycles. The number of carbonyl (C=O) groups excluding carboxylic acids is 1. The number of benzene rings is 1. The quantitative estimate of drug-likeness (QED) is 0.761. The van der Waals surface area contributed by atoms with Crippen LogP contribution in [0.5, 0.6) is 0 Å². The van der Waals surface area contributed by atoms with Crippen molar-refractivity contribution in [1.29, 1.82) is 0 Å². The maximum Gasteiger partial charge on any atom is 0.123 e. The van der Waals surface area contributed by atoms with Gasteiger partial charge >= 0.3 is 0 Å². The molecule has 0 spiro atoms. The fourth-order valence-corrected chi connectivity index (χ4v) is 1.99. The number of hydrogen-bond acceptors (Lipinski definition) is 1. The van der Waals surface area contributed by atoms with Crippen molar-refractivity contribution < 1.29 is 4.79 Å². The molecule has 1 unspecified atom stereocenters. The van der Waals surface area contributed by atoms with Crippen molar-refractivity contribution in [3.63, 3.8) is 0 Å². The molecular formula is C10H10BrClO. The van der Waals surface area contributed by atoms with Gasteiger partial charge in [0.15, 0.2) is 0 Å². The van der Waals surface area contributed by atoms with Crippen LogP contribution in [0.25, 0.3) is 0 Å². The second-order valence-corrected chi connectivity index (χ2v) is 4.28.